The van der Waals surface area contributed by atoms with Crippen LogP contribution in [-0.4, -0.2) is 30.5 Å². The van der Waals surface area contributed by atoms with Crippen LogP contribution in [0.5, 0.6) is 0 Å². The Morgan fingerprint density at radius 1 is 1.33 bits per heavy atom. The first-order valence-corrected chi connectivity index (χ1v) is 4.30. The van der Waals surface area contributed by atoms with Gasteiger partial charge in [-0.1, -0.05) is 19.9 Å². The Hall–Kier alpha value is -0.830. The minimum atomic E-state index is -1.12. The summed E-state index contributed by atoms with van der Waals surface area (Å²) in [6.45, 7) is 7.11. The number of rotatable bonds is 6. The van der Waals surface area contributed by atoms with E-state index in [2.05, 4.69) is 18.7 Å². The summed E-state index contributed by atoms with van der Waals surface area (Å²) in [5.74, 6) is -1.12. The number of carbonyl (C=O) groups is 1. The third kappa shape index (κ3) is 5.92. The molecule has 0 aliphatic carbocycles. The molecule has 3 nitrogen and oxygen atoms in total. The van der Waals surface area contributed by atoms with E-state index in [0.717, 1.165) is 32.1 Å². The fourth-order valence-corrected chi connectivity index (χ4v) is 0.977. The molecule has 0 saturated heterocycles. The van der Waals surface area contributed by atoms with E-state index in [-0.39, 0.29) is 0 Å². The van der Waals surface area contributed by atoms with Crippen molar-refractivity contribution in [2.45, 2.75) is 20.3 Å². The molecular weight excluding hydrogens is 154 g/mol. The van der Waals surface area contributed by atoms with Gasteiger partial charge in [-0.25, -0.2) is 9.90 Å². The van der Waals surface area contributed by atoms with E-state index in [1.54, 1.807) is 6.08 Å². The van der Waals surface area contributed by atoms with Gasteiger partial charge >= 0.3 is 5.97 Å². The van der Waals surface area contributed by atoms with Gasteiger partial charge in [-0.2, -0.15) is 0 Å². The van der Waals surface area contributed by atoms with E-state index >= 15 is 0 Å². The van der Waals surface area contributed by atoms with Crippen LogP contribution in [0.3, 0.4) is 0 Å². The summed E-state index contributed by atoms with van der Waals surface area (Å²) < 4.78 is 0. The van der Waals surface area contributed by atoms with Crippen molar-refractivity contribution >= 4 is 5.97 Å². The van der Waals surface area contributed by atoms with Crippen LogP contribution in [0, 0.1) is 0 Å². The fraction of sp³-hybridized carbons (Fsp3) is 0.667. The predicted octanol–water partition coefficient (Wildman–Crippen LogP) is 1.23. The largest absolute Gasteiger partial charge is 0.378 e. The van der Waals surface area contributed by atoms with Gasteiger partial charge in [0.1, 0.15) is 0 Å². The van der Waals surface area contributed by atoms with Gasteiger partial charge in [0, 0.05) is 12.6 Å². The third-order valence-corrected chi connectivity index (χ3v) is 1.76. The highest BCUT2D eigenvalue weighted by Crippen LogP contribution is 1.91. The van der Waals surface area contributed by atoms with E-state index in [9.17, 15) is 9.90 Å². The zero-order valence-electron chi connectivity index (χ0n) is 7.75. The molecule has 0 bridgehead atoms. The summed E-state index contributed by atoms with van der Waals surface area (Å²) in [6.07, 6.45) is 3.49. The van der Waals surface area contributed by atoms with Crippen molar-refractivity contribution in [2.75, 3.05) is 19.6 Å². The Morgan fingerprint density at radius 3 is 2.33 bits per heavy atom. The van der Waals surface area contributed by atoms with Crippen LogP contribution in [0.4, 0.5) is 0 Å². The highest BCUT2D eigenvalue weighted by molar-refractivity contribution is 5.79. The lowest BCUT2D eigenvalue weighted by atomic mass is 10.3. The van der Waals surface area contributed by atoms with E-state index in [1.165, 1.54) is 0 Å². The lowest BCUT2D eigenvalue weighted by molar-refractivity contribution is -0.137. The molecule has 0 saturated carbocycles. The Labute approximate surface area is 73.7 Å². The maximum atomic E-state index is 9.97. The molecule has 0 aromatic heterocycles. The zero-order valence-corrected chi connectivity index (χ0v) is 7.75. The highest BCUT2D eigenvalue weighted by Gasteiger charge is 1.95. The third-order valence-electron chi connectivity index (χ3n) is 1.76. The first kappa shape index (κ1) is 11.2. The molecule has 0 fully saturated rings. The van der Waals surface area contributed by atoms with Gasteiger partial charge in [0.25, 0.3) is 0 Å². The second-order valence-electron chi connectivity index (χ2n) is 2.54. The molecule has 0 heterocycles. The van der Waals surface area contributed by atoms with Crippen LogP contribution in [-0.2, 0) is 9.90 Å². The van der Waals surface area contributed by atoms with Crippen molar-refractivity contribution in [3.8, 4) is 0 Å². The average Bonchev–Trinajstić information content (AvgIpc) is 2.04. The van der Waals surface area contributed by atoms with Crippen LogP contribution < -0.4 is 0 Å². The van der Waals surface area contributed by atoms with Crippen LogP contribution in [0.2, 0.25) is 0 Å². The lowest BCUT2D eigenvalue weighted by Crippen LogP contribution is -2.23. The summed E-state index contributed by atoms with van der Waals surface area (Å²) in [5, 5.41) is 9.97. The minimum absolute atomic E-state index is 0.773. The van der Waals surface area contributed by atoms with E-state index < -0.39 is 5.97 Å². The summed E-state index contributed by atoms with van der Waals surface area (Å²) in [5.41, 5.74) is 0. The molecule has 0 rings (SSSR count). The SMILES string of the molecule is CCN(CC)CCC=CC([O])=O. The number of nitrogens with zero attached hydrogens (tertiary/aromatic N) is 1. The van der Waals surface area contributed by atoms with Gasteiger partial charge in [0.15, 0.2) is 0 Å². The lowest BCUT2D eigenvalue weighted by Gasteiger charge is -2.15. The Kier molecular flexibility index (Phi) is 6.38. The molecule has 0 aromatic rings. The molecular formula is C9H16NO2. The normalized spacial score (nSPS) is 11.2. The number of carbonyl (C=O) groups excluding carboxylic acids is 1. The first-order valence-electron chi connectivity index (χ1n) is 4.30. The number of hydrogen-bond acceptors (Lipinski definition) is 2. The Bertz CT molecular complexity index is 151. The van der Waals surface area contributed by atoms with Crippen molar-refractivity contribution in [2.24, 2.45) is 0 Å². The quantitative estimate of drug-likeness (QED) is 0.562. The highest BCUT2D eigenvalue weighted by atomic mass is 16.4. The Morgan fingerprint density at radius 2 is 1.92 bits per heavy atom. The summed E-state index contributed by atoms with van der Waals surface area (Å²) in [7, 11) is 0. The van der Waals surface area contributed by atoms with Crippen LogP contribution in [0.15, 0.2) is 12.2 Å². The van der Waals surface area contributed by atoms with E-state index in [4.69, 9.17) is 0 Å². The van der Waals surface area contributed by atoms with Crippen molar-refractivity contribution in [1.29, 1.82) is 0 Å². The van der Waals surface area contributed by atoms with Crippen molar-refractivity contribution in [3.63, 3.8) is 0 Å². The maximum absolute atomic E-state index is 9.97. The molecule has 0 aromatic carbocycles. The van der Waals surface area contributed by atoms with Gasteiger partial charge in [-0.15, -0.1) is 0 Å². The fourth-order valence-electron chi connectivity index (χ4n) is 0.977. The minimum Gasteiger partial charge on any atom is -0.304 e. The van der Waals surface area contributed by atoms with E-state index in [1.807, 2.05) is 0 Å². The van der Waals surface area contributed by atoms with Crippen molar-refractivity contribution in [1.82, 2.24) is 4.90 Å². The zero-order chi connectivity index (χ0) is 9.40. The predicted molar refractivity (Wildman–Crippen MR) is 47.2 cm³/mol. The van der Waals surface area contributed by atoms with Gasteiger partial charge in [-0.3, -0.25) is 0 Å². The molecule has 3 heteroatoms. The molecule has 0 amide bonds. The smallest absolute Gasteiger partial charge is 0.304 e. The van der Waals surface area contributed by atoms with Gasteiger partial charge in [0.2, 0.25) is 0 Å². The molecule has 69 valence electrons. The monoisotopic (exact) mass is 170 g/mol. The molecule has 0 N–H and O–H groups in total. The van der Waals surface area contributed by atoms with Crippen LogP contribution in [0.25, 0.3) is 0 Å². The summed E-state index contributed by atoms with van der Waals surface area (Å²) in [4.78, 5) is 12.2. The van der Waals surface area contributed by atoms with Crippen LogP contribution in [0.1, 0.15) is 20.3 Å². The second-order valence-corrected chi connectivity index (χ2v) is 2.54. The maximum Gasteiger partial charge on any atom is 0.378 e. The van der Waals surface area contributed by atoms with Gasteiger partial charge in [-0.05, 0) is 19.5 Å². The molecule has 1 radical (unpaired) electrons. The van der Waals surface area contributed by atoms with Gasteiger partial charge < -0.3 is 4.90 Å². The van der Waals surface area contributed by atoms with Crippen molar-refractivity contribution in [3.05, 3.63) is 12.2 Å². The summed E-state index contributed by atoms with van der Waals surface area (Å²) in [6, 6.07) is 0. The Balaban J connectivity index is 3.47. The first-order chi connectivity index (χ1) is 5.70. The molecule has 12 heavy (non-hydrogen) atoms. The van der Waals surface area contributed by atoms with Crippen molar-refractivity contribution < 1.29 is 9.90 Å². The molecule has 0 spiro atoms. The summed E-state index contributed by atoms with van der Waals surface area (Å²) >= 11 is 0. The van der Waals surface area contributed by atoms with Crippen LogP contribution >= 0.6 is 0 Å². The molecule has 0 aliphatic heterocycles. The topological polar surface area (TPSA) is 40.2 Å². The van der Waals surface area contributed by atoms with Gasteiger partial charge in [0.05, 0.1) is 0 Å². The molecule has 0 atom stereocenters. The van der Waals surface area contributed by atoms with E-state index in [0.29, 0.717) is 0 Å². The second kappa shape index (κ2) is 6.85. The molecule has 0 unspecified atom stereocenters. The molecule has 0 aliphatic rings. The number of hydrogen-bond donors (Lipinski definition) is 0. The average molecular weight is 170 g/mol. The standard InChI is InChI=1S/C9H16NO2/c1-3-10(4-2)8-6-5-7-9(11)12/h5,7H,3-4,6,8H2,1-2H3.